The summed E-state index contributed by atoms with van der Waals surface area (Å²) >= 11 is 0. The van der Waals surface area contributed by atoms with Crippen LogP contribution in [0, 0.1) is 17.1 Å². The lowest BCUT2D eigenvalue weighted by Crippen LogP contribution is -2.47. The first-order chi connectivity index (χ1) is 16.3. The number of halogens is 1. The van der Waals surface area contributed by atoms with E-state index in [4.69, 9.17) is 4.74 Å². The Morgan fingerprint density at radius 3 is 2.56 bits per heavy atom. The highest BCUT2D eigenvalue weighted by molar-refractivity contribution is 5.94. The minimum atomic E-state index is -1.15. The number of nitriles is 1. The molecule has 0 radical (unpaired) electrons. The predicted octanol–water partition coefficient (Wildman–Crippen LogP) is 2.17. The number of nitrogens with zero attached hydrogens (tertiary/aromatic N) is 2. The molecule has 2 aromatic rings. The molecule has 0 aromatic heterocycles. The molecule has 1 saturated heterocycles. The van der Waals surface area contributed by atoms with Crippen LogP contribution in [0.15, 0.2) is 42.5 Å². The van der Waals surface area contributed by atoms with Crippen LogP contribution < -0.4 is 10.6 Å². The van der Waals surface area contributed by atoms with Gasteiger partial charge < -0.3 is 25.4 Å². The summed E-state index contributed by atoms with van der Waals surface area (Å²) in [5.74, 6) is -1.37. The van der Waals surface area contributed by atoms with E-state index in [0.717, 1.165) is 10.5 Å². The second-order valence-electron chi connectivity index (χ2n) is 7.80. The van der Waals surface area contributed by atoms with E-state index in [9.17, 15) is 29.1 Å². The van der Waals surface area contributed by atoms with Crippen molar-refractivity contribution in [1.82, 2.24) is 15.5 Å². The summed E-state index contributed by atoms with van der Waals surface area (Å²) in [7, 11) is 1.54. The molecule has 2 atom stereocenters. The zero-order valence-corrected chi connectivity index (χ0v) is 18.6. The molecular weight excluding hydrogens is 443 g/mol. The summed E-state index contributed by atoms with van der Waals surface area (Å²) < 4.78 is 20.2. The van der Waals surface area contributed by atoms with Crippen molar-refractivity contribution in [3.63, 3.8) is 0 Å². The fourth-order valence-corrected chi connectivity index (χ4v) is 3.62. The number of hydrogen-bond donors (Lipinski definition) is 3. The smallest absolute Gasteiger partial charge is 0.407 e. The van der Waals surface area contributed by atoms with Crippen molar-refractivity contribution in [2.24, 2.45) is 0 Å². The van der Waals surface area contributed by atoms with Crippen molar-refractivity contribution >= 4 is 17.9 Å². The Hall–Kier alpha value is -3.97. The maximum atomic E-state index is 14.8. The highest BCUT2D eigenvalue weighted by Gasteiger charge is 2.29. The molecule has 3 amide bonds. The quantitative estimate of drug-likeness (QED) is 0.595. The first-order valence-electron chi connectivity index (χ1n) is 10.7. The highest BCUT2D eigenvalue weighted by Crippen LogP contribution is 2.23. The number of carboxylic acid groups (broad SMARTS) is 1. The second kappa shape index (κ2) is 11.2. The zero-order valence-electron chi connectivity index (χ0n) is 18.6. The van der Waals surface area contributed by atoms with Gasteiger partial charge in [0.1, 0.15) is 11.9 Å². The molecule has 2 aromatic carbocycles. The maximum Gasteiger partial charge on any atom is 0.407 e. The number of carbonyl (C=O) groups is 3. The topological polar surface area (TPSA) is 132 Å². The number of carbonyl (C=O) groups excluding carboxylic acids is 2. The molecule has 3 rings (SSSR count). The van der Waals surface area contributed by atoms with Crippen LogP contribution in [0.4, 0.5) is 9.18 Å². The molecule has 0 saturated carbocycles. The first kappa shape index (κ1) is 24.7. The lowest BCUT2D eigenvalue weighted by atomic mass is 9.99. The van der Waals surface area contributed by atoms with Crippen molar-refractivity contribution in [1.29, 1.82) is 5.26 Å². The summed E-state index contributed by atoms with van der Waals surface area (Å²) in [6.07, 6.45) is -1.80. The van der Waals surface area contributed by atoms with Gasteiger partial charge in [-0.05, 0) is 41.3 Å². The van der Waals surface area contributed by atoms with Crippen molar-refractivity contribution in [3.8, 4) is 17.2 Å². The number of hydrogen-bond acceptors (Lipinski definition) is 5. The summed E-state index contributed by atoms with van der Waals surface area (Å²) in [6, 6.07) is 12.2. The minimum absolute atomic E-state index is 0.0701. The summed E-state index contributed by atoms with van der Waals surface area (Å²) in [4.78, 5) is 36.6. The number of ether oxygens (including phenoxy) is 1. The molecule has 1 aliphatic heterocycles. The Morgan fingerprint density at radius 2 is 1.94 bits per heavy atom. The molecule has 0 aliphatic carbocycles. The van der Waals surface area contributed by atoms with E-state index < -0.39 is 30.0 Å². The summed E-state index contributed by atoms with van der Waals surface area (Å²) in [5, 5.41) is 23.7. The molecule has 0 bridgehead atoms. The van der Waals surface area contributed by atoms with Crippen molar-refractivity contribution in [2.45, 2.75) is 25.0 Å². The highest BCUT2D eigenvalue weighted by atomic mass is 19.1. The van der Waals surface area contributed by atoms with Crippen LogP contribution >= 0.6 is 0 Å². The summed E-state index contributed by atoms with van der Waals surface area (Å²) in [5.41, 5.74) is 2.05. The Balaban J connectivity index is 1.66. The normalized spacial score (nSPS) is 16.6. The van der Waals surface area contributed by atoms with Crippen LogP contribution in [-0.4, -0.2) is 66.8 Å². The lowest BCUT2D eigenvalue weighted by Gasteiger charge is -2.22. The van der Waals surface area contributed by atoms with Gasteiger partial charge in [0.2, 0.25) is 0 Å². The standard InChI is InChI=1S/C24H25FN4O5/c1-27-22(30)16-5-3-15(4-6-16)17-7-8-18(20(25)12-17)11-19(13-26)28-23(31)21-14-29(24(32)33)9-2-10-34-21/h3-8,12,19,21H,2,9-11,14H2,1H3,(H,27,30)(H,28,31)(H,32,33)/t19-,21-/m0/s1. The number of amides is 3. The zero-order chi connectivity index (χ0) is 24.7. The average Bonchev–Trinajstić information content (AvgIpc) is 3.11. The van der Waals surface area contributed by atoms with E-state index in [2.05, 4.69) is 10.6 Å². The van der Waals surface area contributed by atoms with E-state index in [1.807, 2.05) is 6.07 Å². The molecule has 0 unspecified atom stereocenters. The van der Waals surface area contributed by atoms with Crippen LogP contribution in [-0.2, 0) is 16.0 Å². The third kappa shape index (κ3) is 6.08. The van der Waals surface area contributed by atoms with E-state index in [-0.39, 0.29) is 37.6 Å². The van der Waals surface area contributed by atoms with E-state index in [0.29, 0.717) is 17.5 Å². The molecule has 9 nitrogen and oxygen atoms in total. The molecule has 10 heteroatoms. The number of nitrogens with one attached hydrogen (secondary N) is 2. The minimum Gasteiger partial charge on any atom is -0.465 e. The predicted molar refractivity (Wildman–Crippen MR) is 120 cm³/mol. The third-order valence-corrected chi connectivity index (χ3v) is 5.50. The average molecular weight is 468 g/mol. The lowest BCUT2D eigenvalue weighted by molar-refractivity contribution is -0.133. The molecule has 0 spiro atoms. The maximum absolute atomic E-state index is 14.8. The third-order valence-electron chi connectivity index (χ3n) is 5.50. The number of benzene rings is 2. The van der Waals surface area contributed by atoms with Gasteiger partial charge in [0, 0.05) is 32.2 Å². The Labute approximate surface area is 196 Å². The van der Waals surface area contributed by atoms with E-state index >= 15 is 0 Å². The molecule has 1 aliphatic rings. The van der Waals surface area contributed by atoms with Crippen LogP contribution in [0.25, 0.3) is 11.1 Å². The summed E-state index contributed by atoms with van der Waals surface area (Å²) in [6.45, 7) is 0.341. The van der Waals surface area contributed by atoms with Gasteiger partial charge in [-0.25, -0.2) is 9.18 Å². The Bertz CT molecular complexity index is 1100. The molecule has 3 N–H and O–H groups in total. The molecule has 1 fully saturated rings. The molecular formula is C24H25FN4O5. The van der Waals surface area contributed by atoms with Gasteiger partial charge in [0.25, 0.3) is 11.8 Å². The Morgan fingerprint density at radius 1 is 1.24 bits per heavy atom. The number of rotatable bonds is 6. The SMILES string of the molecule is CNC(=O)c1ccc(-c2ccc(C[C@@H](C#N)NC(=O)[C@@H]3CN(C(=O)O)CCCO3)c(F)c2)cc1. The van der Waals surface area contributed by atoms with Gasteiger partial charge in [-0.2, -0.15) is 5.26 Å². The molecule has 1 heterocycles. The fourth-order valence-electron chi connectivity index (χ4n) is 3.62. The molecule has 34 heavy (non-hydrogen) atoms. The van der Waals surface area contributed by atoms with Crippen LogP contribution in [0.5, 0.6) is 0 Å². The van der Waals surface area contributed by atoms with Gasteiger partial charge >= 0.3 is 6.09 Å². The monoisotopic (exact) mass is 468 g/mol. The van der Waals surface area contributed by atoms with E-state index in [1.54, 1.807) is 36.4 Å². The van der Waals surface area contributed by atoms with Gasteiger partial charge in [0.05, 0.1) is 12.6 Å². The van der Waals surface area contributed by atoms with Gasteiger partial charge in [-0.1, -0.05) is 24.3 Å². The van der Waals surface area contributed by atoms with Crippen LogP contribution in [0.2, 0.25) is 0 Å². The van der Waals surface area contributed by atoms with Crippen LogP contribution in [0.1, 0.15) is 22.3 Å². The van der Waals surface area contributed by atoms with Crippen molar-refractivity contribution < 1.29 is 28.6 Å². The van der Waals surface area contributed by atoms with Crippen molar-refractivity contribution in [2.75, 3.05) is 26.7 Å². The van der Waals surface area contributed by atoms with Gasteiger partial charge in [0.15, 0.2) is 6.10 Å². The Kier molecular flexibility index (Phi) is 8.16. The fraction of sp³-hybridized carbons (Fsp3) is 0.333. The van der Waals surface area contributed by atoms with Gasteiger partial charge in [-0.3, -0.25) is 9.59 Å². The van der Waals surface area contributed by atoms with Crippen molar-refractivity contribution in [3.05, 3.63) is 59.4 Å². The van der Waals surface area contributed by atoms with Crippen LogP contribution in [0.3, 0.4) is 0 Å². The van der Waals surface area contributed by atoms with Gasteiger partial charge in [-0.15, -0.1) is 0 Å². The first-order valence-corrected chi connectivity index (χ1v) is 10.7. The van der Waals surface area contributed by atoms with E-state index in [1.165, 1.54) is 13.1 Å². The second-order valence-corrected chi connectivity index (χ2v) is 7.80. The molecule has 178 valence electrons. The largest absolute Gasteiger partial charge is 0.465 e.